The number of carboxylic acids is 1. The summed E-state index contributed by atoms with van der Waals surface area (Å²) in [5.74, 6) is -0.0800. The highest BCUT2D eigenvalue weighted by atomic mass is 16.4. The van der Waals surface area contributed by atoms with Crippen LogP contribution in [0.5, 0.6) is 0 Å². The van der Waals surface area contributed by atoms with E-state index in [-0.39, 0.29) is 0 Å². The van der Waals surface area contributed by atoms with E-state index in [2.05, 4.69) is 9.97 Å². The molecule has 0 saturated carbocycles. The Balaban J connectivity index is 2.43. The number of rotatable bonds is 3. The lowest BCUT2D eigenvalue weighted by Crippen LogP contribution is -2.27. The van der Waals surface area contributed by atoms with Gasteiger partial charge in [-0.2, -0.15) is 0 Å². The lowest BCUT2D eigenvalue weighted by Gasteiger charge is -2.18. The van der Waals surface area contributed by atoms with Gasteiger partial charge in [0.2, 0.25) is 0 Å². The molecule has 5 nitrogen and oxygen atoms in total. The van der Waals surface area contributed by atoms with Gasteiger partial charge in [-0.05, 0) is 26.0 Å². The van der Waals surface area contributed by atoms with Crippen LogP contribution in [0.25, 0.3) is 11.2 Å². The molecule has 90 valence electrons. The topological polar surface area (TPSA) is 68.0 Å². The highest BCUT2D eigenvalue weighted by Gasteiger charge is 2.29. The smallest absolute Gasteiger partial charge is 0.309 e. The lowest BCUT2D eigenvalue weighted by atomic mass is 9.89. The average molecular weight is 233 g/mol. The highest BCUT2D eigenvalue weighted by Crippen LogP contribution is 2.23. The van der Waals surface area contributed by atoms with Gasteiger partial charge in [-0.1, -0.05) is 0 Å². The summed E-state index contributed by atoms with van der Waals surface area (Å²) in [4.78, 5) is 19.6. The average Bonchev–Trinajstić information content (AvgIpc) is 2.56. The molecule has 2 aromatic heterocycles. The fraction of sp³-hybridized carbons (Fsp3) is 0.417. The second-order valence-electron chi connectivity index (χ2n) is 4.80. The van der Waals surface area contributed by atoms with Crippen LogP contribution in [-0.4, -0.2) is 25.6 Å². The molecule has 0 spiro atoms. The van der Waals surface area contributed by atoms with Crippen LogP contribution in [0.1, 0.15) is 19.7 Å². The number of hydrogen-bond acceptors (Lipinski definition) is 3. The van der Waals surface area contributed by atoms with Gasteiger partial charge in [0, 0.05) is 19.7 Å². The van der Waals surface area contributed by atoms with Crippen LogP contribution in [0.4, 0.5) is 0 Å². The van der Waals surface area contributed by atoms with Gasteiger partial charge in [-0.25, -0.2) is 9.97 Å². The molecule has 0 aromatic carbocycles. The minimum atomic E-state index is -0.824. The standard InChI is InChI=1S/C12H15N3O2/c1-12(2,11(16)17)7-9-14-10-8(15(9)3)5-4-6-13-10/h4-6H,7H2,1-3H3,(H,16,17). The van der Waals surface area contributed by atoms with Crippen LogP contribution in [0.15, 0.2) is 18.3 Å². The van der Waals surface area contributed by atoms with Gasteiger partial charge < -0.3 is 9.67 Å². The first-order chi connectivity index (χ1) is 7.92. The predicted molar refractivity (Wildman–Crippen MR) is 63.6 cm³/mol. The predicted octanol–water partition coefficient (Wildman–Crippen LogP) is 1.62. The second kappa shape index (κ2) is 3.84. The first kappa shape index (κ1) is 11.6. The molecule has 0 aliphatic heterocycles. The van der Waals surface area contributed by atoms with Crippen LogP contribution in [0.2, 0.25) is 0 Å². The van der Waals surface area contributed by atoms with Gasteiger partial charge in [0.05, 0.1) is 10.9 Å². The molecule has 1 N–H and O–H groups in total. The molecule has 0 bridgehead atoms. The summed E-state index contributed by atoms with van der Waals surface area (Å²) in [7, 11) is 1.88. The normalized spacial score (nSPS) is 11.9. The minimum absolute atomic E-state index is 0.384. The largest absolute Gasteiger partial charge is 0.481 e. The number of carbonyl (C=O) groups is 1. The van der Waals surface area contributed by atoms with Crippen LogP contribution < -0.4 is 0 Å². The van der Waals surface area contributed by atoms with Gasteiger partial charge in [0.25, 0.3) is 0 Å². The third kappa shape index (κ3) is 2.00. The van der Waals surface area contributed by atoms with Crippen molar-refractivity contribution in [3.05, 3.63) is 24.2 Å². The van der Waals surface area contributed by atoms with E-state index in [1.54, 1.807) is 20.0 Å². The van der Waals surface area contributed by atoms with Crippen molar-refractivity contribution in [1.29, 1.82) is 0 Å². The first-order valence-electron chi connectivity index (χ1n) is 5.41. The van der Waals surface area contributed by atoms with Crippen molar-refractivity contribution in [3.63, 3.8) is 0 Å². The number of pyridine rings is 1. The molecule has 2 heterocycles. The summed E-state index contributed by atoms with van der Waals surface area (Å²) < 4.78 is 1.90. The fourth-order valence-electron chi connectivity index (χ4n) is 1.70. The molecule has 0 fully saturated rings. The number of hydrogen-bond donors (Lipinski definition) is 1. The summed E-state index contributed by atoms with van der Waals surface area (Å²) in [6, 6.07) is 3.77. The molecule has 0 saturated heterocycles. The Morgan fingerprint density at radius 3 is 2.82 bits per heavy atom. The Bertz CT molecular complexity index is 572. The summed E-state index contributed by atoms with van der Waals surface area (Å²) in [6.45, 7) is 3.39. The van der Waals surface area contributed by atoms with Gasteiger partial charge in [0.1, 0.15) is 5.82 Å². The first-order valence-corrected chi connectivity index (χ1v) is 5.41. The van der Waals surface area contributed by atoms with Crippen molar-refractivity contribution in [1.82, 2.24) is 14.5 Å². The third-order valence-electron chi connectivity index (χ3n) is 2.93. The van der Waals surface area contributed by atoms with Crippen molar-refractivity contribution in [3.8, 4) is 0 Å². The Morgan fingerprint density at radius 1 is 1.53 bits per heavy atom. The molecule has 0 unspecified atom stereocenters. The van der Waals surface area contributed by atoms with Crippen LogP contribution in [0, 0.1) is 5.41 Å². The summed E-state index contributed by atoms with van der Waals surface area (Å²) >= 11 is 0. The number of carboxylic acid groups (broad SMARTS) is 1. The molecule has 17 heavy (non-hydrogen) atoms. The Hall–Kier alpha value is -1.91. The zero-order valence-electron chi connectivity index (χ0n) is 10.1. The van der Waals surface area contributed by atoms with Crippen molar-refractivity contribution in [2.45, 2.75) is 20.3 Å². The number of nitrogens with zero attached hydrogens (tertiary/aromatic N) is 3. The number of aryl methyl sites for hydroxylation is 1. The van der Waals surface area contributed by atoms with Crippen LogP contribution in [0.3, 0.4) is 0 Å². The minimum Gasteiger partial charge on any atom is -0.481 e. The Labute approximate surface area is 99.1 Å². The zero-order valence-corrected chi connectivity index (χ0v) is 10.1. The van der Waals surface area contributed by atoms with Gasteiger partial charge >= 0.3 is 5.97 Å². The van der Waals surface area contributed by atoms with Crippen molar-refractivity contribution >= 4 is 17.1 Å². The molecular formula is C12H15N3O2. The molecule has 2 rings (SSSR count). The maximum Gasteiger partial charge on any atom is 0.309 e. The number of fused-ring (bicyclic) bond motifs is 1. The molecule has 0 atom stereocenters. The molecule has 0 radical (unpaired) electrons. The van der Waals surface area contributed by atoms with E-state index < -0.39 is 11.4 Å². The number of aliphatic carboxylic acids is 1. The van der Waals surface area contributed by atoms with E-state index in [0.29, 0.717) is 12.1 Å². The monoisotopic (exact) mass is 233 g/mol. The van der Waals surface area contributed by atoms with E-state index >= 15 is 0 Å². The number of imidazole rings is 1. The lowest BCUT2D eigenvalue weighted by molar-refractivity contribution is -0.146. The molecule has 5 heteroatoms. The third-order valence-corrected chi connectivity index (χ3v) is 2.93. The van der Waals surface area contributed by atoms with E-state index in [9.17, 15) is 4.79 Å². The fourth-order valence-corrected chi connectivity index (χ4v) is 1.70. The van der Waals surface area contributed by atoms with Gasteiger partial charge in [0.15, 0.2) is 5.65 Å². The molecule has 0 amide bonds. The van der Waals surface area contributed by atoms with E-state index in [0.717, 1.165) is 11.3 Å². The molecule has 0 aliphatic carbocycles. The van der Waals surface area contributed by atoms with Gasteiger partial charge in [-0.15, -0.1) is 0 Å². The second-order valence-corrected chi connectivity index (χ2v) is 4.80. The molecule has 2 aromatic rings. The summed E-state index contributed by atoms with van der Waals surface area (Å²) in [5, 5.41) is 9.12. The maximum atomic E-state index is 11.1. The van der Waals surface area contributed by atoms with E-state index in [4.69, 9.17) is 5.11 Å². The molecular weight excluding hydrogens is 218 g/mol. The quantitative estimate of drug-likeness (QED) is 0.874. The van der Waals surface area contributed by atoms with E-state index in [1.807, 2.05) is 23.7 Å². The van der Waals surface area contributed by atoms with Crippen molar-refractivity contribution < 1.29 is 9.90 Å². The van der Waals surface area contributed by atoms with Crippen molar-refractivity contribution in [2.24, 2.45) is 12.5 Å². The zero-order chi connectivity index (χ0) is 12.6. The Kier molecular flexibility index (Phi) is 2.61. The van der Waals surface area contributed by atoms with Gasteiger partial charge in [-0.3, -0.25) is 4.79 Å². The number of aromatic nitrogens is 3. The van der Waals surface area contributed by atoms with Crippen LogP contribution in [-0.2, 0) is 18.3 Å². The van der Waals surface area contributed by atoms with E-state index in [1.165, 1.54) is 0 Å². The van der Waals surface area contributed by atoms with Crippen LogP contribution >= 0.6 is 0 Å². The molecule has 0 aliphatic rings. The highest BCUT2D eigenvalue weighted by molar-refractivity contribution is 5.75. The maximum absolute atomic E-state index is 11.1. The summed E-state index contributed by atoms with van der Waals surface area (Å²) in [6.07, 6.45) is 2.07. The Morgan fingerprint density at radius 2 is 2.24 bits per heavy atom. The summed E-state index contributed by atoms with van der Waals surface area (Å²) in [5.41, 5.74) is 0.754. The van der Waals surface area contributed by atoms with Crippen molar-refractivity contribution in [2.75, 3.05) is 0 Å². The SMILES string of the molecule is Cn1c(CC(C)(C)C(=O)O)nc2ncccc21.